The van der Waals surface area contributed by atoms with Crippen molar-refractivity contribution < 1.29 is 14.2 Å². The molecule has 4 nitrogen and oxygen atoms in total. The lowest BCUT2D eigenvalue weighted by Gasteiger charge is -2.29. The van der Waals surface area contributed by atoms with Crippen molar-refractivity contribution in [3.63, 3.8) is 0 Å². The zero-order valence-electron chi connectivity index (χ0n) is 11.8. The van der Waals surface area contributed by atoms with Crippen LogP contribution >= 0.6 is 0 Å². The standard InChI is InChI=1S/C12H29NO3Si/c1-5-9-17-10-7-11(13)6-8-12(14-2,15-3)16-4/h11H,5-10,13,17H2,1-4H3. The van der Waals surface area contributed by atoms with Crippen LogP contribution in [0, 0.1) is 0 Å². The molecule has 2 N–H and O–H groups in total. The quantitative estimate of drug-likeness (QED) is 0.349. The zero-order valence-corrected chi connectivity index (χ0v) is 13.2. The molecule has 0 aromatic rings. The molecule has 0 aromatic carbocycles. The van der Waals surface area contributed by atoms with Gasteiger partial charge in [-0.15, -0.1) is 0 Å². The minimum Gasteiger partial charge on any atom is -0.331 e. The lowest BCUT2D eigenvalue weighted by Crippen LogP contribution is -2.37. The maximum Gasteiger partial charge on any atom is 0.282 e. The van der Waals surface area contributed by atoms with Gasteiger partial charge in [0.25, 0.3) is 5.97 Å². The molecule has 0 aliphatic carbocycles. The Balaban J connectivity index is 3.76. The summed E-state index contributed by atoms with van der Waals surface area (Å²) >= 11 is 0. The summed E-state index contributed by atoms with van der Waals surface area (Å²) in [7, 11) is 4.90. The molecular formula is C12H29NO3Si. The predicted molar refractivity (Wildman–Crippen MR) is 74.0 cm³/mol. The van der Waals surface area contributed by atoms with Gasteiger partial charge in [-0.1, -0.05) is 25.4 Å². The molecule has 0 aliphatic rings. The monoisotopic (exact) mass is 263 g/mol. The van der Waals surface area contributed by atoms with E-state index in [4.69, 9.17) is 19.9 Å². The van der Waals surface area contributed by atoms with E-state index in [1.807, 2.05) is 0 Å². The second-order valence-corrected chi connectivity index (χ2v) is 6.56. The molecule has 104 valence electrons. The Labute approximate surface area is 108 Å². The van der Waals surface area contributed by atoms with E-state index in [9.17, 15) is 0 Å². The number of nitrogens with two attached hydrogens (primary N) is 1. The molecule has 0 saturated carbocycles. The highest BCUT2D eigenvalue weighted by molar-refractivity contribution is 6.35. The van der Waals surface area contributed by atoms with E-state index in [-0.39, 0.29) is 15.6 Å². The third kappa shape index (κ3) is 7.16. The van der Waals surface area contributed by atoms with Crippen molar-refractivity contribution in [1.29, 1.82) is 0 Å². The summed E-state index contributed by atoms with van der Waals surface area (Å²) in [6.07, 6.45) is 3.99. The maximum absolute atomic E-state index is 6.08. The van der Waals surface area contributed by atoms with E-state index >= 15 is 0 Å². The number of rotatable bonds is 11. The van der Waals surface area contributed by atoms with Gasteiger partial charge in [0.2, 0.25) is 0 Å². The van der Waals surface area contributed by atoms with Crippen molar-refractivity contribution in [2.75, 3.05) is 21.3 Å². The first-order valence-corrected chi connectivity index (χ1v) is 8.55. The van der Waals surface area contributed by atoms with Crippen molar-refractivity contribution in [3.05, 3.63) is 0 Å². The molecule has 0 bridgehead atoms. The molecule has 0 aromatic heterocycles. The fraction of sp³-hybridized carbons (Fsp3) is 1.00. The Morgan fingerprint density at radius 1 is 1.06 bits per heavy atom. The molecule has 5 heteroatoms. The Morgan fingerprint density at radius 3 is 2.12 bits per heavy atom. The fourth-order valence-corrected chi connectivity index (χ4v) is 3.56. The highest BCUT2D eigenvalue weighted by Gasteiger charge is 2.29. The molecule has 0 aliphatic heterocycles. The normalized spacial score (nSPS) is 14.6. The summed E-state index contributed by atoms with van der Waals surface area (Å²) in [6.45, 7) is 2.25. The Hall–Kier alpha value is 0.0569. The van der Waals surface area contributed by atoms with Crippen LogP contribution in [0.2, 0.25) is 12.1 Å². The molecule has 0 spiro atoms. The van der Waals surface area contributed by atoms with Crippen molar-refractivity contribution in [2.24, 2.45) is 5.73 Å². The third-order valence-electron chi connectivity index (χ3n) is 3.18. The minimum absolute atomic E-state index is 0.128. The summed E-state index contributed by atoms with van der Waals surface area (Å²) in [5.74, 6) is -0.918. The molecular weight excluding hydrogens is 234 g/mol. The van der Waals surface area contributed by atoms with Gasteiger partial charge in [0.05, 0.1) is 0 Å². The van der Waals surface area contributed by atoms with Gasteiger partial charge in [0, 0.05) is 43.3 Å². The molecule has 1 unspecified atom stereocenters. The van der Waals surface area contributed by atoms with Crippen LogP contribution in [0.3, 0.4) is 0 Å². The first kappa shape index (κ1) is 17.1. The van der Waals surface area contributed by atoms with Crippen LogP contribution in [0.1, 0.15) is 32.6 Å². The van der Waals surface area contributed by atoms with Gasteiger partial charge in [-0.25, -0.2) is 0 Å². The molecule has 0 amide bonds. The predicted octanol–water partition coefficient (Wildman–Crippen LogP) is 1.49. The summed E-state index contributed by atoms with van der Waals surface area (Å²) in [6, 6.07) is 3.01. The Morgan fingerprint density at radius 2 is 1.65 bits per heavy atom. The summed E-state index contributed by atoms with van der Waals surface area (Å²) in [4.78, 5) is 0. The number of methoxy groups -OCH3 is 3. The Kier molecular flexibility index (Phi) is 10.1. The lowest BCUT2D eigenvalue weighted by molar-refractivity contribution is -0.355. The smallest absolute Gasteiger partial charge is 0.282 e. The van der Waals surface area contributed by atoms with Gasteiger partial charge < -0.3 is 19.9 Å². The second kappa shape index (κ2) is 10.0. The van der Waals surface area contributed by atoms with E-state index in [1.54, 1.807) is 21.3 Å². The van der Waals surface area contributed by atoms with E-state index < -0.39 is 5.97 Å². The van der Waals surface area contributed by atoms with Gasteiger partial charge in [0.1, 0.15) is 0 Å². The highest BCUT2D eigenvalue weighted by Crippen LogP contribution is 2.20. The van der Waals surface area contributed by atoms with E-state index in [0.717, 1.165) is 12.8 Å². The van der Waals surface area contributed by atoms with Crippen LogP contribution in [0.15, 0.2) is 0 Å². The lowest BCUT2D eigenvalue weighted by atomic mass is 10.1. The van der Waals surface area contributed by atoms with Gasteiger partial charge in [0.15, 0.2) is 0 Å². The second-order valence-electron chi connectivity index (χ2n) is 4.44. The van der Waals surface area contributed by atoms with Crippen LogP contribution in [0.4, 0.5) is 0 Å². The zero-order chi connectivity index (χ0) is 13.1. The number of ether oxygens (including phenoxy) is 3. The average molecular weight is 263 g/mol. The largest absolute Gasteiger partial charge is 0.331 e. The average Bonchev–Trinajstić information content (AvgIpc) is 2.37. The highest BCUT2D eigenvalue weighted by atomic mass is 28.2. The summed E-state index contributed by atoms with van der Waals surface area (Å²) in [5, 5.41) is 0. The number of hydrogen-bond donors (Lipinski definition) is 1. The van der Waals surface area contributed by atoms with Crippen molar-refractivity contribution in [1.82, 2.24) is 0 Å². The number of hydrogen-bond acceptors (Lipinski definition) is 4. The fourth-order valence-electron chi connectivity index (χ4n) is 1.90. The van der Waals surface area contributed by atoms with Crippen molar-refractivity contribution >= 4 is 9.52 Å². The minimum atomic E-state index is -0.918. The molecule has 1 atom stereocenters. The van der Waals surface area contributed by atoms with Crippen LogP contribution in [-0.2, 0) is 14.2 Å². The van der Waals surface area contributed by atoms with E-state index in [0.29, 0.717) is 6.42 Å². The Bertz CT molecular complexity index is 169. The van der Waals surface area contributed by atoms with Gasteiger partial charge in [-0.2, -0.15) is 0 Å². The third-order valence-corrected chi connectivity index (χ3v) is 5.30. The molecule has 0 fully saturated rings. The topological polar surface area (TPSA) is 53.7 Å². The molecule has 17 heavy (non-hydrogen) atoms. The van der Waals surface area contributed by atoms with E-state index in [1.165, 1.54) is 18.5 Å². The SMILES string of the molecule is CCC[SiH2]CCC(N)CCC(OC)(OC)OC. The van der Waals surface area contributed by atoms with Crippen molar-refractivity contribution in [2.45, 2.75) is 56.7 Å². The summed E-state index contributed by atoms with van der Waals surface area (Å²) in [5.41, 5.74) is 6.08. The van der Waals surface area contributed by atoms with Crippen molar-refractivity contribution in [3.8, 4) is 0 Å². The van der Waals surface area contributed by atoms with Gasteiger partial charge in [-0.05, 0) is 12.8 Å². The van der Waals surface area contributed by atoms with E-state index in [2.05, 4.69) is 6.92 Å². The molecule has 0 rings (SSSR count). The van der Waals surface area contributed by atoms with Crippen LogP contribution < -0.4 is 5.73 Å². The van der Waals surface area contributed by atoms with Crippen LogP contribution in [-0.4, -0.2) is 42.9 Å². The van der Waals surface area contributed by atoms with Crippen LogP contribution in [0.25, 0.3) is 0 Å². The first-order valence-electron chi connectivity index (χ1n) is 6.55. The first-order chi connectivity index (χ1) is 8.14. The van der Waals surface area contributed by atoms with Gasteiger partial charge >= 0.3 is 0 Å². The maximum atomic E-state index is 6.08. The molecule has 0 heterocycles. The molecule has 0 saturated heterocycles. The van der Waals surface area contributed by atoms with Gasteiger partial charge in [-0.3, -0.25) is 0 Å². The van der Waals surface area contributed by atoms with Crippen LogP contribution in [0.5, 0.6) is 0 Å². The summed E-state index contributed by atoms with van der Waals surface area (Å²) < 4.78 is 15.7. The molecule has 0 radical (unpaired) electrons.